The number of benzene rings is 1. The van der Waals surface area contributed by atoms with Gasteiger partial charge in [0, 0.05) is 23.6 Å². The topological polar surface area (TPSA) is 12.0 Å². The third-order valence-electron chi connectivity index (χ3n) is 3.03. The van der Waals surface area contributed by atoms with Gasteiger partial charge in [0.25, 0.3) is 0 Å². The molecule has 116 valence electrons. The monoisotopic (exact) mass is 319 g/mol. The maximum Gasteiger partial charge on any atom is 0.0180 e. The largest absolute Gasteiger partial charge is 0.748 e. The van der Waals surface area contributed by atoms with Crippen molar-refractivity contribution in [2.45, 2.75) is 20.0 Å². The summed E-state index contributed by atoms with van der Waals surface area (Å²) in [5, 5.41) is 3.43. The fourth-order valence-electron chi connectivity index (χ4n) is 2.03. The van der Waals surface area contributed by atoms with Crippen molar-refractivity contribution in [3.8, 4) is 0 Å². The standard InChI is InChI=1S/C14H16N.C5H5.Fe/c1-12-5-4-8-14(9-12)11-15-10-13-6-2-3-7-13;1-2-4-5-3-1;/h2-9,15H,10-11H2,1H3;1-5H;/q-5;-1;. The molecule has 0 heterocycles. The van der Waals surface area contributed by atoms with Gasteiger partial charge in [-0.05, 0) is 12.5 Å². The zero-order chi connectivity index (χ0) is 14.0. The van der Waals surface area contributed by atoms with Gasteiger partial charge >= 0.3 is 0 Å². The third kappa shape index (κ3) is 7.10. The van der Waals surface area contributed by atoms with E-state index in [0.717, 1.165) is 13.1 Å². The normalized spacial score (nSPS) is 9.38. The number of nitrogens with one attached hydrogen (secondary N) is 1. The summed E-state index contributed by atoms with van der Waals surface area (Å²) in [7, 11) is 0. The van der Waals surface area contributed by atoms with Crippen LogP contribution < -0.4 is 5.32 Å². The Kier molecular flexibility index (Phi) is 8.45. The summed E-state index contributed by atoms with van der Waals surface area (Å²) in [6.45, 7) is 4.01. The molecule has 0 aliphatic carbocycles. The molecule has 1 N–H and O–H groups in total. The van der Waals surface area contributed by atoms with E-state index < -0.39 is 0 Å². The van der Waals surface area contributed by atoms with Gasteiger partial charge in [-0.15, -0.1) is 0 Å². The minimum absolute atomic E-state index is 0. The SMILES string of the molecule is Cc1cccc(CNC[c-]2[cH-][cH-][cH-][cH-]2)c1.[Fe].c1cc[cH-]c1. The number of hydrogen-bond donors (Lipinski definition) is 1. The quantitative estimate of drug-likeness (QED) is 0.555. The Balaban J connectivity index is 0.000000313. The molecular weight excluding hydrogens is 298 g/mol. The van der Waals surface area contributed by atoms with Crippen LogP contribution in [-0.4, -0.2) is 0 Å². The third-order valence-corrected chi connectivity index (χ3v) is 3.03. The van der Waals surface area contributed by atoms with Gasteiger partial charge in [0.1, 0.15) is 0 Å². The van der Waals surface area contributed by atoms with Crippen LogP contribution in [-0.2, 0) is 30.2 Å². The van der Waals surface area contributed by atoms with E-state index in [0.29, 0.717) is 0 Å². The molecule has 0 bridgehead atoms. The van der Waals surface area contributed by atoms with Gasteiger partial charge in [0.15, 0.2) is 0 Å². The molecule has 2 heteroatoms. The summed E-state index contributed by atoms with van der Waals surface area (Å²) in [6.07, 6.45) is 0. The zero-order valence-electron chi connectivity index (χ0n) is 12.3. The van der Waals surface area contributed by atoms with Crippen molar-refractivity contribution in [3.05, 3.63) is 95.6 Å². The van der Waals surface area contributed by atoms with Crippen LogP contribution in [0.5, 0.6) is 0 Å². The summed E-state index contributed by atoms with van der Waals surface area (Å²) >= 11 is 0. The van der Waals surface area contributed by atoms with Crippen molar-refractivity contribution in [3.63, 3.8) is 0 Å². The smallest absolute Gasteiger partial charge is 0.0180 e. The molecule has 0 unspecified atom stereocenters. The first-order chi connectivity index (χ1) is 9.84. The van der Waals surface area contributed by atoms with Crippen LogP contribution in [0.2, 0.25) is 0 Å². The molecule has 21 heavy (non-hydrogen) atoms. The number of aryl methyl sites for hydroxylation is 1. The van der Waals surface area contributed by atoms with E-state index in [1.165, 1.54) is 16.7 Å². The van der Waals surface area contributed by atoms with E-state index in [9.17, 15) is 0 Å². The van der Waals surface area contributed by atoms with Crippen molar-refractivity contribution < 1.29 is 17.1 Å². The predicted octanol–water partition coefficient (Wildman–Crippen LogP) is 4.41. The maximum atomic E-state index is 3.43. The van der Waals surface area contributed by atoms with E-state index in [1.54, 1.807) is 0 Å². The molecule has 0 saturated heterocycles. The van der Waals surface area contributed by atoms with Crippen LogP contribution in [0.4, 0.5) is 0 Å². The molecule has 0 aliphatic heterocycles. The minimum Gasteiger partial charge on any atom is -0.748 e. The molecule has 0 aliphatic rings. The van der Waals surface area contributed by atoms with Crippen molar-refractivity contribution in [2.24, 2.45) is 0 Å². The van der Waals surface area contributed by atoms with Crippen LogP contribution in [0.15, 0.2) is 78.9 Å². The Labute approximate surface area is 138 Å². The summed E-state index contributed by atoms with van der Waals surface area (Å²) < 4.78 is 0. The molecule has 0 atom stereocenters. The molecule has 3 aromatic carbocycles. The number of rotatable bonds is 4. The first-order valence-electron chi connectivity index (χ1n) is 6.98. The van der Waals surface area contributed by atoms with E-state index in [1.807, 2.05) is 30.3 Å². The van der Waals surface area contributed by atoms with Crippen LogP contribution in [0, 0.1) is 6.92 Å². The van der Waals surface area contributed by atoms with E-state index in [2.05, 4.69) is 60.8 Å². The van der Waals surface area contributed by atoms with E-state index in [4.69, 9.17) is 0 Å². The molecule has 0 radical (unpaired) electrons. The van der Waals surface area contributed by atoms with Gasteiger partial charge in [-0.25, -0.2) is 12.1 Å². The van der Waals surface area contributed by atoms with E-state index >= 15 is 0 Å². The van der Waals surface area contributed by atoms with Crippen molar-refractivity contribution >= 4 is 0 Å². The summed E-state index contributed by atoms with van der Waals surface area (Å²) in [6, 6.07) is 27.0. The molecule has 3 rings (SSSR count). The van der Waals surface area contributed by atoms with Gasteiger partial charge in [0.05, 0.1) is 0 Å². The van der Waals surface area contributed by atoms with Crippen molar-refractivity contribution in [1.82, 2.24) is 5.32 Å². The van der Waals surface area contributed by atoms with Gasteiger partial charge < -0.3 is 35.1 Å². The maximum absolute atomic E-state index is 3.43. The molecule has 0 aromatic heterocycles. The first kappa shape index (κ1) is 17.5. The van der Waals surface area contributed by atoms with Gasteiger partial charge in [-0.1, -0.05) is 29.8 Å². The Morgan fingerprint density at radius 2 is 1.76 bits per heavy atom. The first-order valence-corrected chi connectivity index (χ1v) is 6.98. The van der Waals surface area contributed by atoms with E-state index in [-0.39, 0.29) is 17.1 Å². The molecule has 3 aromatic rings. The van der Waals surface area contributed by atoms with Crippen LogP contribution in [0.1, 0.15) is 16.7 Å². The average molecular weight is 319 g/mol. The van der Waals surface area contributed by atoms with Crippen molar-refractivity contribution in [2.75, 3.05) is 0 Å². The molecule has 0 spiro atoms. The second-order valence-electron chi connectivity index (χ2n) is 4.85. The van der Waals surface area contributed by atoms with Gasteiger partial charge in [-0.2, -0.15) is 24.7 Å². The van der Waals surface area contributed by atoms with Crippen LogP contribution in [0.25, 0.3) is 0 Å². The Hall–Kier alpha value is -1.60. The Morgan fingerprint density at radius 1 is 1.05 bits per heavy atom. The Bertz CT molecular complexity index is 550. The van der Waals surface area contributed by atoms with Crippen LogP contribution >= 0.6 is 0 Å². The predicted molar refractivity (Wildman–Crippen MR) is 85.8 cm³/mol. The second kappa shape index (κ2) is 10.2. The van der Waals surface area contributed by atoms with Gasteiger partial charge in [-0.3, -0.25) is 0 Å². The second-order valence-corrected chi connectivity index (χ2v) is 4.85. The fourth-order valence-corrected chi connectivity index (χ4v) is 2.03. The molecule has 0 saturated carbocycles. The Morgan fingerprint density at radius 3 is 2.33 bits per heavy atom. The molecule has 1 nitrogen and oxygen atoms in total. The molecular formula is C19H21FeN-6. The van der Waals surface area contributed by atoms with Crippen LogP contribution in [0.3, 0.4) is 0 Å². The van der Waals surface area contributed by atoms with Gasteiger partial charge in [0.2, 0.25) is 0 Å². The summed E-state index contributed by atoms with van der Waals surface area (Å²) in [5.74, 6) is 0. The number of hydrogen-bond acceptors (Lipinski definition) is 1. The average Bonchev–Trinajstić information content (AvgIpc) is 3.15. The summed E-state index contributed by atoms with van der Waals surface area (Å²) in [5.41, 5.74) is 4.02. The molecule has 0 amide bonds. The summed E-state index contributed by atoms with van der Waals surface area (Å²) in [4.78, 5) is 0. The zero-order valence-corrected chi connectivity index (χ0v) is 13.4. The van der Waals surface area contributed by atoms with Crippen molar-refractivity contribution in [1.29, 1.82) is 0 Å². The molecule has 0 fully saturated rings. The fraction of sp³-hybridized carbons (Fsp3) is 0.158. The minimum atomic E-state index is 0.